The minimum atomic E-state index is -0.192. The average molecular weight is 380 g/mol. The first-order valence-corrected chi connectivity index (χ1v) is 8.85. The first kappa shape index (κ1) is 17.8. The molecule has 0 saturated carbocycles. The number of aliphatic hydroxyl groups excluding tert-OH is 1. The number of benzene rings is 2. The van der Waals surface area contributed by atoms with Crippen molar-refractivity contribution >= 4 is 28.2 Å². The van der Waals surface area contributed by atoms with Gasteiger partial charge in [0.05, 0.1) is 5.52 Å². The van der Waals surface area contributed by atoms with Crippen LogP contribution in [0.1, 0.15) is 17.8 Å². The highest BCUT2D eigenvalue weighted by Crippen LogP contribution is 2.27. The molecule has 9 nitrogen and oxygen atoms in total. The van der Waals surface area contributed by atoms with Crippen molar-refractivity contribution in [3.8, 4) is 11.5 Å². The molecule has 0 amide bonds. The molecule has 0 aliphatic heterocycles. The molecule has 0 aliphatic rings. The maximum Gasteiger partial charge on any atom is 0.240 e. The van der Waals surface area contributed by atoms with Gasteiger partial charge in [0, 0.05) is 30.6 Å². The Morgan fingerprint density at radius 2 is 1.89 bits per heavy atom. The fourth-order valence-corrected chi connectivity index (χ4v) is 3.08. The van der Waals surface area contributed by atoms with Crippen molar-refractivity contribution in [2.24, 2.45) is 0 Å². The molecule has 28 heavy (non-hydrogen) atoms. The monoisotopic (exact) mass is 380 g/mol. The highest BCUT2D eigenvalue weighted by molar-refractivity contribution is 5.93. The number of nitrogens with one attached hydrogen (secondary N) is 1. The van der Waals surface area contributed by atoms with E-state index in [-0.39, 0.29) is 24.1 Å². The molecule has 4 aromatic rings. The zero-order valence-electron chi connectivity index (χ0n) is 15.0. The van der Waals surface area contributed by atoms with Crippen LogP contribution in [0.25, 0.3) is 16.6 Å². The molecule has 0 atom stereocenters. The zero-order chi connectivity index (χ0) is 19.7. The summed E-state index contributed by atoms with van der Waals surface area (Å²) < 4.78 is 1.60. The van der Waals surface area contributed by atoms with E-state index in [1.807, 2.05) is 18.2 Å². The van der Waals surface area contributed by atoms with Crippen LogP contribution < -0.4 is 11.1 Å². The Kier molecular flexibility index (Phi) is 4.58. The Bertz CT molecular complexity index is 1160. The van der Waals surface area contributed by atoms with Gasteiger partial charge in [-0.25, -0.2) is 4.98 Å². The lowest BCUT2D eigenvalue weighted by Gasteiger charge is -2.10. The second-order valence-corrected chi connectivity index (χ2v) is 6.47. The van der Waals surface area contributed by atoms with E-state index >= 15 is 0 Å². The molecule has 0 unspecified atom stereocenters. The first-order valence-electron chi connectivity index (χ1n) is 8.85. The van der Waals surface area contributed by atoms with Gasteiger partial charge in [-0.2, -0.15) is 9.50 Å². The largest absolute Gasteiger partial charge is 0.504 e. The van der Waals surface area contributed by atoms with Gasteiger partial charge >= 0.3 is 0 Å². The number of nitrogen functional groups attached to an aromatic ring is 1. The summed E-state index contributed by atoms with van der Waals surface area (Å²) in [5, 5.41) is 36.5. The van der Waals surface area contributed by atoms with Crippen molar-refractivity contribution in [3.05, 3.63) is 47.8 Å². The van der Waals surface area contributed by atoms with Gasteiger partial charge in [0.2, 0.25) is 5.95 Å². The topological polar surface area (TPSA) is 142 Å². The van der Waals surface area contributed by atoms with Gasteiger partial charge in [0.1, 0.15) is 5.82 Å². The summed E-state index contributed by atoms with van der Waals surface area (Å²) in [5.74, 6) is 0.380. The quantitative estimate of drug-likeness (QED) is 0.251. The van der Waals surface area contributed by atoms with E-state index in [2.05, 4.69) is 15.4 Å². The maximum absolute atomic E-state index is 9.76. The molecular weight excluding hydrogens is 360 g/mol. The fourth-order valence-electron chi connectivity index (χ4n) is 3.08. The number of anilines is 2. The van der Waals surface area contributed by atoms with Crippen LogP contribution in [0.2, 0.25) is 0 Å². The molecule has 2 aromatic heterocycles. The van der Waals surface area contributed by atoms with Crippen LogP contribution in [-0.2, 0) is 6.42 Å². The molecule has 0 saturated heterocycles. The Morgan fingerprint density at radius 1 is 1.04 bits per heavy atom. The minimum absolute atomic E-state index is 0.127. The molecule has 2 heterocycles. The number of fused-ring (bicyclic) bond motifs is 3. The summed E-state index contributed by atoms with van der Waals surface area (Å²) in [7, 11) is 0. The molecule has 4 rings (SSSR count). The van der Waals surface area contributed by atoms with Gasteiger partial charge in [-0.3, -0.25) is 0 Å². The van der Waals surface area contributed by atoms with Crippen LogP contribution in [0, 0.1) is 0 Å². The number of phenolic OH excluding ortho intramolecular Hbond substituents is 2. The normalized spacial score (nSPS) is 11.3. The van der Waals surface area contributed by atoms with Gasteiger partial charge in [-0.1, -0.05) is 6.07 Å². The molecule has 144 valence electrons. The zero-order valence-corrected chi connectivity index (χ0v) is 15.0. The number of hydrogen-bond acceptors (Lipinski definition) is 8. The lowest BCUT2D eigenvalue weighted by Crippen LogP contribution is -2.06. The van der Waals surface area contributed by atoms with Crippen LogP contribution in [0.3, 0.4) is 0 Å². The molecule has 0 radical (unpaired) electrons. The fraction of sp³-hybridized carbons (Fsp3) is 0.211. The molecular formula is C19H20N6O3. The molecule has 0 fully saturated rings. The van der Waals surface area contributed by atoms with Crippen LogP contribution >= 0.6 is 0 Å². The third-order valence-electron chi connectivity index (χ3n) is 4.42. The van der Waals surface area contributed by atoms with Crippen LogP contribution in [-0.4, -0.2) is 48.1 Å². The number of aromatic hydroxyl groups is 2. The van der Waals surface area contributed by atoms with Gasteiger partial charge in [0.25, 0.3) is 0 Å². The summed E-state index contributed by atoms with van der Waals surface area (Å²) >= 11 is 0. The third kappa shape index (κ3) is 3.35. The Balaban J connectivity index is 1.79. The summed E-state index contributed by atoms with van der Waals surface area (Å²) in [5.41, 5.74) is 8.79. The van der Waals surface area contributed by atoms with E-state index in [1.54, 1.807) is 10.6 Å². The van der Waals surface area contributed by atoms with Crippen LogP contribution in [0.15, 0.2) is 36.4 Å². The van der Waals surface area contributed by atoms with E-state index in [9.17, 15) is 10.2 Å². The van der Waals surface area contributed by atoms with Crippen molar-refractivity contribution < 1.29 is 15.3 Å². The van der Waals surface area contributed by atoms with Crippen molar-refractivity contribution in [2.75, 3.05) is 24.2 Å². The Morgan fingerprint density at radius 3 is 2.68 bits per heavy atom. The highest BCUT2D eigenvalue weighted by Gasteiger charge is 2.14. The van der Waals surface area contributed by atoms with Gasteiger partial charge in [-0.05, 0) is 42.3 Å². The molecule has 6 N–H and O–H groups in total. The number of phenols is 2. The summed E-state index contributed by atoms with van der Waals surface area (Å²) in [4.78, 5) is 9.05. The summed E-state index contributed by atoms with van der Waals surface area (Å²) in [6.45, 7) is 0.782. The number of hydrogen-bond donors (Lipinski definition) is 5. The number of aromatic nitrogens is 4. The SMILES string of the molecule is Nc1nc2c3ccc(NCCCO)cc3nc(Cc3ccc(O)c(O)c3)n2n1. The van der Waals surface area contributed by atoms with E-state index in [4.69, 9.17) is 15.8 Å². The number of aliphatic hydroxyl groups is 1. The van der Waals surface area contributed by atoms with Gasteiger partial charge in [0.15, 0.2) is 17.1 Å². The standard InChI is InChI=1S/C19H20N6O3/c20-19-23-18-13-4-3-12(21-6-1-7-26)10-14(13)22-17(25(18)24-19)9-11-2-5-15(27)16(28)8-11/h2-5,8,10,21,26-28H,1,6-7,9H2,(H2,20,24). The Hall–Kier alpha value is -3.59. The van der Waals surface area contributed by atoms with Crippen LogP contribution in [0.4, 0.5) is 11.6 Å². The van der Waals surface area contributed by atoms with Crippen molar-refractivity contribution in [3.63, 3.8) is 0 Å². The minimum Gasteiger partial charge on any atom is -0.504 e. The third-order valence-corrected chi connectivity index (χ3v) is 4.42. The van der Waals surface area contributed by atoms with E-state index in [0.717, 1.165) is 22.2 Å². The second-order valence-electron chi connectivity index (χ2n) is 6.47. The average Bonchev–Trinajstić information content (AvgIpc) is 3.07. The lowest BCUT2D eigenvalue weighted by atomic mass is 10.1. The van der Waals surface area contributed by atoms with Gasteiger partial charge < -0.3 is 26.4 Å². The summed E-state index contributed by atoms with van der Waals surface area (Å²) in [6, 6.07) is 10.4. The maximum atomic E-state index is 9.76. The number of rotatable bonds is 6. The van der Waals surface area contributed by atoms with Gasteiger partial charge in [-0.15, -0.1) is 5.10 Å². The second kappa shape index (κ2) is 7.20. The number of nitrogens with two attached hydrogens (primary N) is 1. The highest BCUT2D eigenvalue weighted by atomic mass is 16.3. The van der Waals surface area contributed by atoms with E-state index in [1.165, 1.54) is 12.1 Å². The van der Waals surface area contributed by atoms with Crippen LogP contribution in [0.5, 0.6) is 11.5 Å². The smallest absolute Gasteiger partial charge is 0.240 e. The number of nitrogens with zero attached hydrogens (tertiary/aromatic N) is 4. The molecule has 9 heteroatoms. The Labute approximate surface area is 160 Å². The molecule has 0 spiro atoms. The molecule has 0 aliphatic carbocycles. The molecule has 2 aromatic carbocycles. The lowest BCUT2D eigenvalue weighted by molar-refractivity contribution is 0.292. The first-order chi connectivity index (χ1) is 13.5. The predicted molar refractivity (Wildman–Crippen MR) is 105 cm³/mol. The summed E-state index contributed by atoms with van der Waals surface area (Å²) in [6.07, 6.45) is 1.02. The van der Waals surface area contributed by atoms with Crippen molar-refractivity contribution in [2.45, 2.75) is 12.8 Å². The van der Waals surface area contributed by atoms with E-state index in [0.29, 0.717) is 30.9 Å². The molecule has 0 bridgehead atoms. The predicted octanol–water partition coefficient (Wildman–Crippen LogP) is 1.66. The van der Waals surface area contributed by atoms with Crippen molar-refractivity contribution in [1.29, 1.82) is 0 Å². The van der Waals surface area contributed by atoms with E-state index < -0.39 is 0 Å². The van der Waals surface area contributed by atoms with Crippen molar-refractivity contribution in [1.82, 2.24) is 19.6 Å².